The van der Waals surface area contributed by atoms with Crippen LogP contribution in [-0.4, -0.2) is 110 Å². The number of carbonyl (C=O) groups is 4. The summed E-state index contributed by atoms with van der Waals surface area (Å²) in [7, 11) is 3.22. The highest BCUT2D eigenvalue weighted by atomic mass is 16.3. The summed E-state index contributed by atoms with van der Waals surface area (Å²) in [6, 6.07) is 6.57. The van der Waals surface area contributed by atoms with Gasteiger partial charge < -0.3 is 25.3 Å². The molecule has 232 valence electrons. The standard InChI is InChI=1S/C33H37N3O8/c1-16(37)24-30(41)27(34(3)4)23-14-21-13-20-12-19-6-5-18(15-35-7-9-36(10-8-35)17(2)38)11-22(19)28(39)25(20)29(40)26(21)32(43)33(23,44)31(24)42/h5-6,11-12,21,23,27,39-40,42,44H,7-10,13-15H2,1-4H3/t21-,23-,27-,33+/m0/s1. The highest BCUT2D eigenvalue weighted by Crippen LogP contribution is 2.53. The summed E-state index contributed by atoms with van der Waals surface area (Å²) in [5.41, 5.74) is -1.68. The molecule has 0 unspecified atom stereocenters. The Labute approximate surface area is 254 Å². The second-order valence-electron chi connectivity index (χ2n) is 12.8. The van der Waals surface area contributed by atoms with E-state index in [0.29, 0.717) is 30.6 Å². The Morgan fingerprint density at radius 3 is 2.32 bits per heavy atom. The van der Waals surface area contributed by atoms with Crippen molar-refractivity contribution in [2.75, 3.05) is 40.3 Å². The van der Waals surface area contributed by atoms with E-state index in [0.717, 1.165) is 31.0 Å². The van der Waals surface area contributed by atoms with Gasteiger partial charge in [0.05, 0.1) is 11.6 Å². The SMILES string of the molecule is CC(=O)C1=C(O)[C@@]2(O)C(=O)C3=C(O)c4c(cc5ccc(CN6CCN(C(C)=O)CC6)cc5c4O)C[C@H]3C[C@H]2[C@H](N(C)C)C1=O. The smallest absolute Gasteiger partial charge is 0.219 e. The van der Waals surface area contributed by atoms with Gasteiger partial charge in [-0.1, -0.05) is 18.2 Å². The van der Waals surface area contributed by atoms with E-state index < -0.39 is 57.9 Å². The molecule has 3 aliphatic carbocycles. The van der Waals surface area contributed by atoms with Crippen molar-refractivity contribution in [1.29, 1.82) is 0 Å². The predicted octanol–water partition coefficient (Wildman–Crippen LogP) is 1.88. The molecule has 0 radical (unpaired) electrons. The molecule has 2 aromatic carbocycles. The minimum Gasteiger partial charge on any atom is -0.508 e. The van der Waals surface area contributed by atoms with Gasteiger partial charge in [0.25, 0.3) is 0 Å². The van der Waals surface area contributed by atoms with Crippen molar-refractivity contribution in [3.8, 4) is 5.75 Å². The minimum absolute atomic E-state index is 0.0559. The summed E-state index contributed by atoms with van der Waals surface area (Å²) in [6.07, 6.45) is 0.344. The molecule has 1 heterocycles. The summed E-state index contributed by atoms with van der Waals surface area (Å²) >= 11 is 0. The molecule has 0 spiro atoms. The summed E-state index contributed by atoms with van der Waals surface area (Å²) < 4.78 is 0. The summed E-state index contributed by atoms with van der Waals surface area (Å²) in [5.74, 6) is -5.65. The number of likely N-dealkylation sites (N-methyl/N-ethyl adjacent to an activating group) is 1. The number of aromatic hydroxyl groups is 1. The van der Waals surface area contributed by atoms with Crippen molar-refractivity contribution in [2.45, 2.75) is 44.9 Å². The van der Waals surface area contributed by atoms with Crippen molar-refractivity contribution >= 4 is 39.8 Å². The Bertz CT molecular complexity index is 1700. The zero-order chi connectivity index (χ0) is 31.8. The number of benzene rings is 2. The lowest BCUT2D eigenvalue weighted by Gasteiger charge is -2.50. The zero-order valence-corrected chi connectivity index (χ0v) is 25.3. The van der Waals surface area contributed by atoms with Crippen molar-refractivity contribution in [1.82, 2.24) is 14.7 Å². The number of nitrogens with zero attached hydrogens (tertiary/aromatic N) is 3. The molecule has 11 heteroatoms. The second-order valence-corrected chi connectivity index (χ2v) is 12.8. The van der Waals surface area contributed by atoms with Crippen LogP contribution in [-0.2, 0) is 32.1 Å². The minimum atomic E-state index is -2.59. The fourth-order valence-corrected chi connectivity index (χ4v) is 7.74. The van der Waals surface area contributed by atoms with Gasteiger partial charge >= 0.3 is 0 Å². The number of Topliss-reactive ketones (excluding diaryl/α,β-unsaturated/α-hetero) is 3. The summed E-state index contributed by atoms with van der Waals surface area (Å²) in [4.78, 5) is 57.0. The normalized spacial score (nSPS) is 27.5. The lowest BCUT2D eigenvalue weighted by atomic mass is 9.57. The average Bonchev–Trinajstić information content (AvgIpc) is 2.95. The molecule has 6 rings (SSSR count). The number of hydrogen-bond donors (Lipinski definition) is 4. The molecule has 1 saturated heterocycles. The van der Waals surface area contributed by atoms with Crippen LogP contribution in [0.15, 0.2) is 41.2 Å². The number of hydrogen-bond acceptors (Lipinski definition) is 10. The first-order valence-electron chi connectivity index (χ1n) is 14.9. The highest BCUT2D eigenvalue weighted by molar-refractivity contribution is 6.25. The first-order valence-corrected chi connectivity index (χ1v) is 14.9. The van der Waals surface area contributed by atoms with Gasteiger partial charge in [-0.15, -0.1) is 0 Å². The number of rotatable bonds is 4. The van der Waals surface area contributed by atoms with Gasteiger partial charge in [-0.2, -0.15) is 0 Å². The Morgan fingerprint density at radius 1 is 1.02 bits per heavy atom. The first-order chi connectivity index (χ1) is 20.7. The third kappa shape index (κ3) is 4.36. The van der Waals surface area contributed by atoms with Crippen LogP contribution in [0.3, 0.4) is 0 Å². The molecule has 4 aliphatic rings. The number of phenols is 1. The van der Waals surface area contributed by atoms with Crippen molar-refractivity contribution in [2.24, 2.45) is 11.8 Å². The molecule has 44 heavy (non-hydrogen) atoms. The van der Waals surface area contributed by atoms with Gasteiger partial charge in [-0.05, 0) is 62.4 Å². The van der Waals surface area contributed by atoms with E-state index in [2.05, 4.69) is 4.90 Å². The lowest BCUT2D eigenvalue weighted by molar-refractivity contribution is -0.153. The molecule has 4 atom stereocenters. The molecular formula is C33H37N3O8. The molecule has 4 N–H and O–H groups in total. The van der Waals surface area contributed by atoms with E-state index in [1.54, 1.807) is 21.0 Å². The van der Waals surface area contributed by atoms with Gasteiger partial charge in [-0.3, -0.25) is 29.0 Å². The number of phenolic OH excluding ortho intramolecular Hbond substituents is 1. The fourth-order valence-electron chi connectivity index (χ4n) is 7.74. The van der Waals surface area contributed by atoms with Crippen LogP contribution >= 0.6 is 0 Å². The van der Waals surface area contributed by atoms with E-state index in [1.165, 1.54) is 4.90 Å². The Balaban J connectivity index is 1.40. The Hall–Kier alpha value is -4.06. The van der Waals surface area contributed by atoms with Gasteiger partial charge in [0.15, 0.2) is 17.2 Å². The largest absolute Gasteiger partial charge is 0.508 e. The number of amides is 1. The van der Waals surface area contributed by atoms with Crippen LogP contribution in [0.4, 0.5) is 0 Å². The van der Waals surface area contributed by atoms with E-state index in [9.17, 15) is 39.6 Å². The number of aliphatic hydroxyl groups is 3. The maximum atomic E-state index is 14.1. The van der Waals surface area contributed by atoms with E-state index >= 15 is 0 Å². The Morgan fingerprint density at radius 2 is 1.70 bits per heavy atom. The molecule has 0 aromatic heterocycles. The van der Waals surface area contributed by atoms with Crippen LogP contribution in [0, 0.1) is 11.8 Å². The van der Waals surface area contributed by atoms with E-state index in [4.69, 9.17) is 0 Å². The third-order valence-electron chi connectivity index (χ3n) is 9.92. The topological polar surface area (TPSA) is 159 Å². The predicted molar refractivity (Wildman–Crippen MR) is 161 cm³/mol. The lowest BCUT2D eigenvalue weighted by Crippen LogP contribution is -2.65. The number of carbonyl (C=O) groups excluding carboxylic acids is 4. The molecule has 1 aliphatic heterocycles. The molecule has 11 nitrogen and oxygen atoms in total. The fraction of sp³-hybridized carbons (Fsp3) is 0.455. The third-order valence-corrected chi connectivity index (χ3v) is 9.92. The van der Waals surface area contributed by atoms with Gasteiger partial charge in [0, 0.05) is 56.5 Å². The van der Waals surface area contributed by atoms with Crippen LogP contribution < -0.4 is 0 Å². The van der Waals surface area contributed by atoms with Crippen LogP contribution in [0.25, 0.3) is 16.5 Å². The van der Waals surface area contributed by atoms with Crippen molar-refractivity contribution in [3.63, 3.8) is 0 Å². The second kappa shape index (κ2) is 10.5. The number of ketones is 3. The Kier molecular flexibility index (Phi) is 7.18. The monoisotopic (exact) mass is 603 g/mol. The van der Waals surface area contributed by atoms with Crippen molar-refractivity contribution < 1.29 is 39.6 Å². The zero-order valence-electron chi connectivity index (χ0n) is 25.3. The molecule has 2 aromatic rings. The highest BCUT2D eigenvalue weighted by Gasteiger charge is 2.64. The molecule has 1 saturated carbocycles. The van der Waals surface area contributed by atoms with Crippen LogP contribution in [0.5, 0.6) is 5.75 Å². The molecule has 0 bridgehead atoms. The summed E-state index contributed by atoms with van der Waals surface area (Å²) in [5, 5.41) is 47.2. The van der Waals surface area contributed by atoms with Crippen LogP contribution in [0.2, 0.25) is 0 Å². The molecule has 2 fully saturated rings. The number of piperazine rings is 1. The average molecular weight is 604 g/mol. The van der Waals surface area contributed by atoms with Gasteiger partial charge in [0.1, 0.15) is 22.8 Å². The van der Waals surface area contributed by atoms with Gasteiger partial charge in [-0.25, -0.2) is 0 Å². The number of aliphatic hydroxyl groups excluding tert-OH is 2. The molecule has 1 amide bonds. The maximum absolute atomic E-state index is 14.1. The summed E-state index contributed by atoms with van der Waals surface area (Å²) in [6.45, 7) is 6.00. The van der Waals surface area contributed by atoms with Crippen LogP contribution in [0.1, 0.15) is 37.0 Å². The first kappa shape index (κ1) is 30.0. The van der Waals surface area contributed by atoms with E-state index in [-0.39, 0.29) is 35.6 Å². The van der Waals surface area contributed by atoms with E-state index in [1.807, 2.05) is 29.2 Å². The molecular weight excluding hydrogens is 566 g/mol. The quantitative estimate of drug-likeness (QED) is 0.380. The van der Waals surface area contributed by atoms with Crippen molar-refractivity contribution in [3.05, 3.63) is 57.9 Å². The van der Waals surface area contributed by atoms with Gasteiger partial charge in [0.2, 0.25) is 11.7 Å². The number of fused-ring (bicyclic) bond motifs is 4. The maximum Gasteiger partial charge on any atom is 0.219 e.